The Bertz CT molecular complexity index is 949. The number of ether oxygens (including phenoxy) is 3. The van der Waals surface area contributed by atoms with Crippen LogP contribution in [-0.4, -0.2) is 62.9 Å². The third-order valence-corrected chi connectivity index (χ3v) is 6.47. The maximum absolute atomic E-state index is 12.9. The van der Waals surface area contributed by atoms with Crippen LogP contribution in [0.3, 0.4) is 0 Å². The molecule has 6 heteroatoms. The van der Waals surface area contributed by atoms with E-state index < -0.39 is 0 Å². The molecule has 1 unspecified atom stereocenters. The van der Waals surface area contributed by atoms with Gasteiger partial charge in [0.15, 0.2) is 17.3 Å². The van der Waals surface area contributed by atoms with E-state index in [1.807, 2.05) is 18.2 Å². The first-order valence-electron chi connectivity index (χ1n) is 10.9. The number of benzene rings is 2. The van der Waals surface area contributed by atoms with Crippen molar-refractivity contribution in [3.05, 3.63) is 41.5 Å². The van der Waals surface area contributed by atoms with E-state index >= 15 is 0 Å². The van der Waals surface area contributed by atoms with Gasteiger partial charge in [0.05, 0.1) is 27.4 Å². The summed E-state index contributed by atoms with van der Waals surface area (Å²) in [4.78, 5) is 15.2. The quantitative estimate of drug-likeness (QED) is 0.674. The third kappa shape index (κ3) is 4.70. The van der Waals surface area contributed by atoms with E-state index in [0.29, 0.717) is 11.5 Å². The summed E-state index contributed by atoms with van der Waals surface area (Å²) in [6.45, 7) is 2.55. The van der Waals surface area contributed by atoms with Crippen LogP contribution in [0, 0.1) is 5.92 Å². The highest BCUT2D eigenvalue weighted by molar-refractivity contribution is 6.01. The summed E-state index contributed by atoms with van der Waals surface area (Å²) in [7, 11) is 4.90. The Morgan fingerprint density at radius 1 is 0.903 bits per heavy atom. The number of piperidine rings is 1. The molecule has 1 heterocycles. The fraction of sp³-hybridized carbons (Fsp3) is 0.480. The standard InChI is InChI=1S/C18H25NO4.C7H6O/c1-22-16-9-12-3-4-13(11-19-7-5-14(20)6-8-19)18(21)15(12)10-17(16)23-2;1-8-7-3-2-5-4-6(5)7/h9-10,13-14,20H,3-8,11H2,1-2H3;2-4H,1H3. The molecule has 1 aromatic carbocycles. The van der Waals surface area contributed by atoms with Gasteiger partial charge in [0.1, 0.15) is 5.75 Å². The van der Waals surface area contributed by atoms with Gasteiger partial charge < -0.3 is 24.2 Å². The molecule has 166 valence electrons. The van der Waals surface area contributed by atoms with Gasteiger partial charge in [-0.2, -0.15) is 0 Å². The topological polar surface area (TPSA) is 68.2 Å². The maximum Gasteiger partial charge on any atom is 0.167 e. The monoisotopic (exact) mass is 425 g/mol. The van der Waals surface area contributed by atoms with Crippen molar-refractivity contribution >= 4 is 5.78 Å². The van der Waals surface area contributed by atoms with Gasteiger partial charge >= 0.3 is 0 Å². The molecule has 1 N–H and O–H groups in total. The summed E-state index contributed by atoms with van der Waals surface area (Å²) in [6, 6.07) is 9.92. The van der Waals surface area contributed by atoms with E-state index in [4.69, 9.17) is 14.2 Å². The third-order valence-electron chi connectivity index (χ3n) is 6.47. The Morgan fingerprint density at radius 3 is 2.13 bits per heavy atom. The normalized spacial score (nSPS) is 19.7. The summed E-state index contributed by atoms with van der Waals surface area (Å²) in [5, 5.41) is 9.60. The van der Waals surface area contributed by atoms with Gasteiger partial charge in [-0.25, -0.2) is 0 Å². The predicted molar refractivity (Wildman–Crippen MR) is 119 cm³/mol. The molecule has 0 amide bonds. The number of ketones is 1. The molecule has 31 heavy (non-hydrogen) atoms. The smallest absolute Gasteiger partial charge is 0.167 e. The van der Waals surface area contributed by atoms with Gasteiger partial charge in [-0.3, -0.25) is 4.79 Å². The number of fused-ring (bicyclic) bond motifs is 2. The van der Waals surface area contributed by atoms with Crippen LogP contribution in [0.2, 0.25) is 0 Å². The molecule has 0 bridgehead atoms. The van der Waals surface area contributed by atoms with Gasteiger partial charge in [0.25, 0.3) is 0 Å². The lowest BCUT2D eigenvalue weighted by Crippen LogP contribution is -2.41. The number of methoxy groups -OCH3 is 3. The number of carbonyl (C=O) groups is 1. The van der Waals surface area contributed by atoms with E-state index in [1.165, 1.54) is 11.1 Å². The van der Waals surface area contributed by atoms with Crippen LogP contribution in [0.1, 0.15) is 35.2 Å². The molecule has 0 saturated carbocycles. The molecule has 0 aromatic heterocycles. The molecule has 0 radical (unpaired) electrons. The van der Waals surface area contributed by atoms with Crippen molar-refractivity contribution in [2.75, 3.05) is 41.0 Å². The molecule has 1 aliphatic heterocycles. The zero-order valence-corrected chi connectivity index (χ0v) is 18.5. The number of carbonyl (C=O) groups excluding carboxylic acids is 1. The average molecular weight is 426 g/mol. The molecule has 1 aromatic rings. The molecular formula is C25H31NO5. The van der Waals surface area contributed by atoms with Gasteiger partial charge in [-0.05, 0) is 61.1 Å². The molecule has 4 aliphatic rings. The van der Waals surface area contributed by atoms with Crippen molar-refractivity contribution in [2.24, 2.45) is 5.92 Å². The summed E-state index contributed by atoms with van der Waals surface area (Å²) in [5.74, 6) is 2.55. The predicted octanol–water partition coefficient (Wildman–Crippen LogP) is 3.58. The molecule has 5 rings (SSSR count). The number of aliphatic hydroxyl groups excluding tert-OH is 1. The summed E-state index contributed by atoms with van der Waals surface area (Å²) in [5.41, 5.74) is 4.45. The van der Waals surface area contributed by atoms with Gasteiger partial charge in [-0.15, -0.1) is 0 Å². The SMILES string of the molecule is COc1cc2c(cc1OC)C(=O)C(CN1CCC(O)CC1)CC2.COc1ccc2cc1-2. The van der Waals surface area contributed by atoms with Gasteiger partial charge in [-0.1, -0.05) is 6.07 Å². The van der Waals surface area contributed by atoms with E-state index in [1.54, 1.807) is 21.3 Å². The molecule has 1 saturated heterocycles. The lowest BCUT2D eigenvalue weighted by molar-refractivity contribution is 0.0659. The van der Waals surface area contributed by atoms with E-state index in [9.17, 15) is 9.90 Å². The minimum absolute atomic E-state index is 0.0378. The van der Waals surface area contributed by atoms with Crippen LogP contribution in [-0.2, 0) is 6.42 Å². The summed E-state index contributed by atoms with van der Waals surface area (Å²) < 4.78 is 15.7. The van der Waals surface area contributed by atoms with Crippen molar-refractivity contribution in [2.45, 2.75) is 31.8 Å². The number of hydrogen-bond acceptors (Lipinski definition) is 6. The first kappa shape index (κ1) is 21.7. The lowest BCUT2D eigenvalue weighted by Gasteiger charge is -2.33. The van der Waals surface area contributed by atoms with Crippen LogP contribution in [0.5, 0.6) is 17.2 Å². The van der Waals surface area contributed by atoms with Crippen molar-refractivity contribution in [3.8, 4) is 28.4 Å². The highest BCUT2D eigenvalue weighted by atomic mass is 16.5. The molecule has 1 fully saturated rings. The van der Waals surface area contributed by atoms with E-state index in [-0.39, 0.29) is 17.8 Å². The molecule has 6 nitrogen and oxygen atoms in total. The van der Waals surface area contributed by atoms with Crippen LogP contribution >= 0.6 is 0 Å². The van der Waals surface area contributed by atoms with Crippen molar-refractivity contribution in [3.63, 3.8) is 0 Å². The number of nitrogens with zero attached hydrogens (tertiary/aromatic N) is 1. The second-order valence-corrected chi connectivity index (χ2v) is 8.41. The Kier molecular flexibility index (Phi) is 6.49. The number of Topliss-reactive ketones (excluding diaryl/α,β-unsaturated/α-hetero) is 1. The Hall–Kier alpha value is -2.57. The number of likely N-dealkylation sites (tertiary alicyclic amines) is 1. The first-order valence-corrected chi connectivity index (χ1v) is 10.9. The second kappa shape index (κ2) is 9.28. The summed E-state index contributed by atoms with van der Waals surface area (Å²) in [6.07, 6.45) is 3.21. The maximum atomic E-state index is 12.9. The Balaban J connectivity index is 0.000000239. The van der Waals surface area contributed by atoms with Crippen LogP contribution < -0.4 is 14.2 Å². The van der Waals surface area contributed by atoms with E-state index in [2.05, 4.69) is 17.0 Å². The highest BCUT2D eigenvalue weighted by Crippen LogP contribution is 2.43. The fourth-order valence-electron chi connectivity index (χ4n) is 4.53. The van der Waals surface area contributed by atoms with Crippen LogP contribution in [0.15, 0.2) is 30.3 Å². The zero-order chi connectivity index (χ0) is 22.0. The van der Waals surface area contributed by atoms with E-state index in [0.717, 1.165) is 62.2 Å². The number of rotatable bonds is 5. The minimum atomic E-state index is -0.175. The lowest BCUT2D eigenvalue weighted by atomic mass is 9.82. The largest absolute Gasteiger partial charge is 0.496 e. The van der Waals surface area contributed by atoms with Gasteiger partial charge in [0.2, 0.25) is 0 Å². The second-order valence-electron chi connectivity index (χ2n) is 8.41. The van der Waals surface area contributed by atoms with Crippen molar-refractivity contribution in [1.82, 2.24) is 4.90 Å². The molecule has 1 atom stereocenters. The summed E-state index contributed by atoms with van der Waals surface area (Å²) >= 11 is 0. The number of aliphatic hydroxyl groups is 1. The average Bonchev–Trinajstić information content (AvgIpc) is 3.47. The van der Waals surface area contributed by atoms with Crippen molar-refractivity contribution < 1.29 is 24.1 Å². The number of aryl methyl sites for hydroxylation is 1. The number of hydrogen-bond donors (Lipinski definition) is 1. The molecule has 0 spiro atoms. The van der Waals surface area contributed by atoms with Gasteiger partial charge in [0, 0.05) is 36.7 Å². The molecular weight excluding hydrogens is 394 g/mol. The van der Waals surface area contributed by atoms with Crippen molar-refractivity contribution in [1.29, 1.82) is 0 Å². The molecule has 3 aliphatic carbocycles. The van der Waals surface area contributed by atoms with Crippen LogP contribution in [0.25, 0.3) is 11.1 Å². The Labute approximate surface area is 183 Å². The minimum Gasteiger partial charge on any atom is -0.496 e. The Morgan fingerprint density at radius 2 is 1.58 bits per heavy atom. The zero-order valence-electron chi connectivity index (χ0n) is 18.5. The fourth-order valence-corrected chi connectivity index (χ4v) is 4.53. The highest BCUT2D eigenvalue weighted by Gasteiger charge is 2.31. The first-order chi connectivity index (χ1) is 15.0. The van der Waals surface area contributed by atoms with Crippen LogP contribution in [0.4, 0.5) is 0 Å².